The molecule has 3 rings (SSSR count). The van der Waals surface area contributed by atoms with Gasteiger partial charge in [0, 0.05) is 24.6 Å². The third-order valence-corrected chi connectivity index (χ3v) is 5.58. The van der Waals surface area contributed by atoms with E-state index in [0.717, 1.165) is 24.1 Å². The fourth-order valence-corrected chi connectivity index (χ4v) is 4.69. The molecule has 0 unspecified atom stereocenters. The van der Waals surface area contributed by atoms with Crippen LogP contribution in [0, 0.1) is 6.92 Å². The molecule has 2 heterocycles. The van der Waals surface area contributed by atoms with Gasteiger partial charge in [0.2, 0.25) is 0 Å². The molecule has 0 radical (unpaired) electrons. The number of amides is 2. The Morgan fingerprint density at radius 3 is 2.43 bits per heavy atom. The molecule has 2 aliphatic rings. The van der Waals surface area contributed by atoms with Crippen molar-refractivity contribution in [2.24, 2.45) is 0 Å². The molecule has 3 N–H and O–H groups in total. The van der Waals surface area contributed by atoms with Crippen molar-refractivity contribution in [3.05, 3.63) is 29.8 Å². The third-order valence-electron chi connectivity index (χ3n) is 5.58. The Kier molecular flexibility index (Phi) is 4.90. The zero-order valence-corrected chi connectivity index (χ0v) is 14.6. The summed E-state index contributed by atoms with van der Waals surface area (Å²) >= 11 is 0. The summed E-state index contributed by atoms with van der Waals surface area (Å²) in [6.07, 6.45) is 6.20. The molecule has 0 aromatic heterocycles. The highest BCUT2D eigenvalue weighted by Crippen LogP contribution is 2.23. The van der Waals surface area contributed by atoms with Gasteiger partial charge >= 0.3 is 6.03 Å². The SMILES string of the molecule is Cc1ccccc1NC(=O)NC1C[C@H]2CCC[C@H](C1)[NH+]2C(C)C. The van der Waals surface area contributed by atoms with Crippen LogP contribution in [0.3, 0.4) is 0 Å². The van der Waals surface area contributed by atoms with E-state index >= 15 is 0 Å². The number of piperidine rings is 2. The van der Waals surface area contributed by atoms with E-state index < -0.39 is 0 Å². The van der Waals surface area contributed by atoms with Gasteiger partial charge in [-0.05, 0) is 51.7 Å². The Morgan fingerprint density at radius 2 is 1.83 bits per heavy atom. The van der Waals surface area contributed by atoms with Crippen LogP contribution in [0.5, 0.6) is 0 Å². The fourth-order valence-electron chi connectivity index (χ4n) is 4.69. The molecule has 0 spiro atoms. The highest BCUT2D eigenvalue weighted by molar-refractivity contribution is 5.90. The van der Waals surface area contributed by atoms with Crippen LogP contribution < -0.4 is 15.5 Å². The lowest BCUT2D eigenvalue weighted by Gasteiger charge is -2.47. The quantitative estimate of drug-likeness (QED) is 0.788. The molecule has 0 saturated carbocycles. The first-order valence-electron chi connectivity index (χ1n) is 9.04. The maximum Gasteiger partial charge on any atom is 0.319 e. The lowest BCUT2D eigenvalue weighted by molar-refractivity contribution is -0.980. The topological polar surface area (TPSA) is 45.6 Å². The number of carbonyl (C=O) groups excluding carboxylic acids is 1. The van der Waals surface area contributed by atoms with Gasteiger partial charge in [-0.1, -0.05) is 18.2 Å². The zero-order valence-electron chi connectivity index (χ0n) is 14.6. The van der Waals surface area contributed by atoms with E-state index in [1.165, 1.54) is 19.3 Å². The standard InChI is InChI=1S/C19H29N3O/c1-13(2)22-16-8-6-9-17(22)12-15(11-16)20-19(23)21-18-10-5-4-7-14(18)3/h4-5,7,10,13,15-17H,6,8-9,11-12H2,1-3H3,(H2,20,21,23)/p+1/t16-,17-/m1/s1. The number of hydrogen-bond donors (Lipinski definition) is 3. The molecule has 2 amide bonds. The normalized spacial score (nSPS) is 30.1. The van der Waals surface area contributed by atoms with Crippen LogP contribution in [0.25, 0.3) is 0 Å². The average molecular weight is 316 g/mol. The number of anilines is 1. The molecule has 126 valence electrons. The molecular formula is C19H30N3O+. The summed E-state index contributed by atoms with van der Waals surface area (Å²) in [6.45, 7) is 6.68. The summed E-state index contributed by atoms with van der Waals surface area (Å²) < 4.78 is 0. The van der Waals surface area contributed by atoms with Crippen molar-refractivity contribution in [2.45, 2.75) is 77.0 Å². The van der Waals surface area contributed by atoms with E-state index in [0.29, 0.717) is 24.2 Å². The average Bonchev–Trinajstić information content (AvgIpc) is 2.48. The van der Waals surface area contributed by atoms with Crippen molar-refractivity contribution < 1.29 is 9.69 Å². The number of carbonyl (C=O) groups is 1. The van der Waals surface area contributed by atoms with Crippen molar-refractivity contribution in [3.8, 4) is 0 Å². The molecule has 2 atom stereocenters. The maximum atomic E-state index is 12.3. The second-order valence-electron chi connectivity index (χ2n) is 7.56. The number of benzene rings is 1. The fraction of sp³-hybridized carbons (Fsp3) is 0.632. The van der Waals surface area contributed by atoms with Gasteiger partial charge in [-0.25, -0.2) is 4.79 Å². The summed E-state index contributed by atoms with van der Waals surface area (Å²) in [5.74, 6) is 0. The molecule has 1 aromatic rings. The van der Waals surface area contributed by atoms with Gasteiger partial charge in [0.1, 0.15) is 0 Å². The van der Waals surface area contributed by atoms with Gasteiger partial charge in [0.25, 0.3) is 0 Å². The number of fused-ring (bicyclic) bond motifs is 2. The molecule has 2 aliphatic heterocycles. The minimum atomic E-state index is -0.0598. The monoisotopic (exact) mass is 316 g/mol. The van der Waals surface area contributed by atoms with E-state index in [-0.39, 0.29) is 6.03 Å². The largest absolute Gasteiger partial charge is 0.335 e. The van der Waals surface area contributed by atoms with Gasteiger partial charge in [-0.2, -0.15) is 0 Å². The van der Waals surface area contributed by atoms with Crippen molar-refractivity contribution in [1.29, 1.82) is 0 Å². The molecule has 23 heavy (non-hydrogen) atoms. The third kappa shape index (κ3) is 3.69. The lowest BCUT2D eigenvalue weighted by atomic mass is 9.81. The Morgan fingerprint density at radius 1 is 1.17 bits per heavy atom. The highest BCUT2D eigenvalue weighted by Gasteiger charge is 2.43. The van der Waals surface area contributed by atoms with Crippen molar-refractivity contribution >= 4 is 11.7 Å². The Labute approximate surface area is 139 Å². The van der Waals surface area contributed by atoms with Crippen LogP contribution in [0.2, 0.25) is 0 Å². The molecule has 1 aromatic carbocycles. The first kappa shape index (κ1) is 16.3. The Balaban J connectivity index is 1.59. The van der Waals surface area contributed by atoms with Crippen LogP contribution in [-0.2, 0) is 0 Å². The number of nitrogens with one attached hydrogen (secondary N) is 3. The van der Waals surface area contributed by atoms with Crippen molar-refractivity contribution in [2.75, 3.05) is 5.32 Å². The first-order chi connectivity index (χ1) is 11.0. The zero-order chi connectivity index (χ0) is 16.4. The van der Waals surface area contributed by atoms with Gasteiger partial charge in [0.05, 0.1) is 18.1 Å². The number of aryl methyl sites for hydroxylation is 1. The van der Waals surface area contributed by atoms with Crippen LogP contribution in [0.4, 0.5) is 10.5 Å². The van der Waals surface area contributed by atoms with E-state index in [2.05, 4.69) is 24.5 Å². The Hall–Kier alpha value is -1.55. The van der Waals surface area contributed by atoms with Gasteiger partial charge in [-0.3, -0.25) is 0 Å². The second kappa shape index (κ2) is 6.91. The predicted molar refractivity (Wildman–Crippen MR) is 93.9 cm³/mol. The first-order valence-corrected chi connectivity index (χ1v) is 9.04. The van der Waals surface area contributed by atoms with E-state index in [4.69, 9.17) is 0 Å². The molecule has 2 bridgehead atoms. The molecule has 2 saturated heterocycles. The number of urea groups is 1. The lowest BCUT2D eigenvalue weighted by Crippen LogP contribution is -3.23. The van der Waals surface area contributed by atoms with Crippen LogP contribution in [0.1, 0.15) is 51.5 Å². The molecule has 2 fully saturated rings. The van der Waals surface area contributed by atoms with Crippen LogP contribution >= 0.6 is 0 Å². The van der Waals surface area contributed by atoms with E-state index in [1.54, 1.807) is 4.90 Å². The number of rotatable bonds is 3. The van der Waals surface area contributed by atoms with Crippen LogP contribution in [-0.4, -0.2) is 30.2 Å². The van der Waals surface area contributed by atoms with E-state index in [9.17, 15) is 4.79 Å². The maximum absolute atomic E-state index is 12.3. The second-order valence-corrected chi connectivity index (χ2v) is 7.56. The van der Waals surface area contributed by atoms with E-state index in [1.807, 2.05) is 31.2 Å². The smallest absolute Gasteiger partial charge is 0.319 e. The molecule has 4 nitrogen and oxygen atoms in total. The summed E-state index contributed by atoms with van der Waals surface area (Å²) in [5.41, 5.74) is 1.99. The van der Waals surface area contributed by atoms with Crippen LogP contribution in [0.15, 0.2) is 24.3 Å². The molecular weight excluding hydrogens is 286 g/mol. The summed E-state index contributed by atoms with van der Waals surface area (Å²) in [6, 6.07) is 10.3. The summed E-state index contributed by atoms with van der Waals surface area (Å²) in [7, 11) is 0. The minimum absolute atomic E-state index is 0.0598. The van der Waals surface area contributed by atoms with Crippen molar-refractivity contribution in [1.82, 2.24) is 5.32 Å². The van der Waals surface area contributed by atoms with Gasteiger partial charge in [0.15, 0.2) is 0 Å². The Bertz CT molecular complexity index is 543. The summed E-state index contributed by atoms with van der Waals surface area (Å²) in [5, 5.41) is 6.22. The molecule has 4 heteroatoms. The number of para-hydroxylation sites is 1. The van der Waals surface area contributed by atoms with Crippen molar-refractivity contribution in [3.63, 3.8) is 0 Å². The van der Waals surface area contributed by atoms with Gasteiger partial charge in [-0.15, -0.1) is 0 Å². The number of hydrogen-bond acceptors (Lipinski definition) is 1. The molecule has 0 aliphatic carbocycles. The summed E-state index contributed by atoms with van der Waals surface area (Å²) in [4.78, 5) is 14.1. The minimum Gasteiger partial charge on any atom is -0.335 e. The highest BCUT2D eigenvalue weighted by atomic mass is 16.2. The predicted octanol–water partition coefficient (Wildman–Crippen LogP) is 2.49. The van der Waals surface area contributed by atoms with Gasteiger partial charge < -0.3 is 15.5 Å². The number of quaternary nitrogens is 1.